The zero-order valence-electron chi connectivity index (χ0n) is 13.2. The molecular formula is C17H25N3O. The Morgan fingerprint density at radius 1 is 1.33 bits per heavy atom. The standard InChI is InChI=1S/C17H25N3O/c1-4-14(3)13-20(5-2)11-10-17(21)19-16-8-6-15(12-18)7-9-16/h6-9,14H,4-5,10-11,13H2,1-3H3,(H,19,21). The maximum absolute atomic E-state index is 11.9. The third-order valence-electron chi connectivity index (χ3n) is 3.67. The molecule has 0 saturated carbocycles. The largest absolute Gasteiger partial charge is 0.326 e. The quantitative estimate of drug-likeness (QED) is 0.798. The zero-order chi connectivity index (χ0) is 15.7. The highest BCUT2D eigenvalue weighted by atomic mass is 16.1. The summed E-state index contributed by atoms with van der Waals surface area (Å²) in [6, 6.07) is 8.98. The number of rotatable bonds is 8. The van der Waals surface area contributed by atoms with E-state index in [1.54, 1.807) is 24.3 Å². The van der Waals surface area contributed by atoms with Gasteiger partial charge < -0.3 is 10.2 Å². The van der Waals surface area contributed by atoms with E-state index in [1.807, 2.05) is 0 Å². The first kappa shape index (κ1) is 17.2. The van der Waals surface area contributed by atoms with E-state index in [9.17, 15) is 4.79 Å². The molecule has 21 heavy (non-hydrogen) atoms. The van der Waals surface area contributed by atoms with Crippen LogP contribution in [0.2, 0.25) is 0 Å². The highest BCUT2D eigenvalue weighted by Crippen LogP contribution is 2.10. The van der Waals surface area contributed by atoms with Crippen LogP contribution in [0.4, 0.5) is 5.69 Å². The molecule has 0 aliphatic carbocycles. The number of hydrogen-bond donors (Lipinski definition) is 1. The van der Waals surface area contributed by atoms with Gasteiger partial charge in [-0.3, -0.25) is 4.79 Å². The molecule has 0 radical (unpaired) electrons. The molecule has 4 nitrogen and oxygen atoms in total. The lowest BCUT2D eigenvalue weighted by Gasteiger charge is -2.23. The third kappa shape index (κ3) is 6.42. The van der Waals surface area contributed by atoms with Gasteiger partial charge in [-0.2, -0.15) is 5.26 Å². The summed E-state index contributed by atoms with van der Waals surface area (Å²) < 4.78 is 0. The van der Waals surface area contributed by atoms with Gasteiger partial charge in [-0.15, -0.1) is 0 Å². The van der Waals surface area contributed by atoms with Gasteiger partial charge in [0.25, 0.3) is 0 Å². The second-order valence-electron chi connectivity index (χ2n) is 5.39. The van der Waals surface area contributed by atoms with E-state index in [0.29, 0.717) is 17.9 Å². The number of nitrogens with one attached hydrogen (secondary N) is 1. The number of benzene rings is 1. The highest BCUT2D eigenvalue weighted by molar-refractivity contribution is 5.90. The Balaban J connectivity index is 2.40. The summed E-state index contributed by atoms with van der Waals surface area (Å²) >= 11 is 0. The van der Waals surface area contributed by atoms with Gasteiger partial charge >= 0.3 is 0 Å². The van der Waals surface area contributed by atoms with E-state index in [0.717, 1.165) is 31.7 Å². The lowest BCUT2D eigenvalue weighted by atomic mass is 10.1. The van der Waals surface area contributed by atoms with Gasteiger partial charge in [0, 0.05) is 25.2 Å². The van der Waals surface area contributed by atoms with Gasteiger partial charge in [-0.1, -0.05) is 27.2 Å². The van der Waals surface area contributed by atoms with Gasteiger partial charge in [0.15, 0.2) is 0 Å². The van der Waals surface area contributed by atoms with Crippen LogP contribution in [0.1, 0.15) is 39.2 Å². The molecule has 1 unspecified atom stereocenters. The van der Waals surface area contributed by atoms with Gasteiger partial charge in [-0.25, -0.2) is 0 Å². The Morgan fingerprint density at radius 3 is 2.52 bits per heavy atom. The number of carbonyl (C=O) groups is 1. The number of hydrogen-bond acceptors (Lipinski definition) is 3. The van der Waals surface area contributed by atoms with Crippen molar-refractivity contribution < 1.29 is 4.79 Å². The first-order chi connectivity index (χ1) is 10.1. The van der Waals surface area contributed by atoms with E-state index >= 15 is 0 Å². The molecular weight excluding hydrogens is 262 g/mol. The van der Waals surface area contributed by atoms with Crippen LogP contribution in [0.3, 0.4) is 0 Å². The first-order valence-electron chi connectivity index (χ1n) is 7.61. The van der Waals surface area contributed by atoms with Crippen molar-refractivity contribution in [2.45, 2.75) is 33.6 Å². The molecule has 114 valence electrons. The second-order valence-corrected chi connectivity index (χ2v) is 5.39. The lowest BCUT2D eigenvalue weighted by molar-refractivity contribution is -0.116. The fourth-order valence-corrected chi connectivity index (χ4v) is 2.06. The van der Waals surface area contributed by atoms with Crippen LogP contribution in [0, 0.1) is 17.2 Å². The van der Waals surface area contributed by atoms with Crippen molar-refractivity contribution in [3.63, 3.8) is 0 Å². The van der Waals surface area contributed by atoms with Crippen LogP contribution in [0.25, 0.3) is 0 Å². The molecule has 0 bridgehead atoms. The summed E-state index contributed by atoms with van der Waals surface area (Å²) in [4.78, 5) is 14.3. The minimum absolute atomic E-state index is 0.0160. The van der Waals surface area contributed by atoms with E-state index < -0.39 is 0 Å². The van der Waals surface area contributed by atoms with Crippen LogP contribution in [-0.2, 0) is 4.79 Å². The average molecular weight is 287 g/mol. The minimum Gasteiger partial charge on any atom is -0.326 e. The number of carbonyl (C=O) groups excluding carboxylic acids is 1. The van der Waals surface area contributed by atoms with Crippen LogP contribution in [-0.4, -0.2) is 30.4 Å². The molecule has 0 spiro atoms. The molecule has 0 aliphatic rings. The van der Waals surface area contributed by atoms with Gasteiger partial charge in [0.1, 0.15) is 0 Å². The van der Waals surface area contributed by atoms with Crippen molar-refractivity contribution >= 4 is 11.6 Å². The summed E-state index contributed by atoms with van der Waals surface area (Å²) in [6.07, 6.45) is 1.65. The predicted molar refractivity (Wildman–Crippen MR) is 86.0 cm³/mol. The number of anilines is 1. The smallest absolute Gasteiger partial charge is 0.225 e. The van der Waals surface area contributed by atoms with Crippen molar-refractivity contribution in [2.75, 3.05) is 25.0 Å². The SMILES string of the molecule is CCC(C)CN(CC)CCC(=O)Nc1ccc(C#N)cc1. The normalized spacial score (nSPS) is 12.0. The maximum atomic E-state index is 11.9. The Hall–Kier alpha value is -1.86. The molecule has 4 heteroatoms. The fraction of sp³-hybridized carbons (Fsp3) is 0.529. The van der Waals surface area contributed by atoms with Crippen LogP contribution >= 0.6 is 0 Å². The molecule has 0 aromatic heterocycles. The lowest BCUT2D eigenvalue weighted by Crippen LogP contribution is -2.31. The highest BCUT2D eigenvalue weighted by Gasteiger charge is 2.10. The van der Waals surface area contributed by atoms with Crippen LogP contribution < -0.4 is 5.32 Å². The summed E-state index contributed by atoms with van der Waals surface area (Å²) in [7, 11) is 0. The van der Waals surface area contributed by atoms with E-state index in [2.05, 4.69) is 37.1 Å². The van der Waals surface area contributed by atoms with Crippen molar-refractivity contribution in [3.05, 3.63) is 29.8 Å². The van der Waals surface area contributed by atoms with E-state index in [1.165, 1.54) is 0 Å². The van der Waals surface area contributed by atoms with E-state index in [4.69, 9.17) is 5.26 Å². The Bertz CT molecular complexity index is 476. The summed E-state index contributed by atoms with van der Waals surface area (Å²) in [5.41, 5.74) is 1.34. The van der Waals surface area contributed by atoms with Crippen molar-refractivity contribution in [3.8, 4) is 6.07 Å². The van der Waals surface area contributed by atoms with Crippen LogP contribution in [0.15, 0.2) is 24.3 Å². The second kappa shape index (κ2) is 9.15. The molecule has 1 aromatic rings. The molecule has 0 aliphatic heterocycles. The molecule has 1 rings (SSSR count). The predicted octanol–water partition coefficient (Wildman–Crippen LogP) is 3.25. The van der Waals surface area contributed by atoms with Crippen molar-refractivity contribution in [2.24, 2.45) is 5.92 Å². The van der Waals surface area contributed by atoms with Gasteiger partial charge in [-0.05, 0) is 36.7 Å². The molecule has 1 N–H and O–H groups in total. The molecule has 0 fully saturated rings. The average Bonchev–Trinajstić information content (AvgIpc) is 2.51. The Kier molecular flexibility index (Phi) is 7.49. The Morgan fingerprint density at radius 2 is 2.00 bits per heavy atom. The van der Waals surface area contributed by atoms with Crippen molar-refractivity contribution in [1.29, 1.82) is 5.26 Å². The zero-order valence-corrected chi connectivity index (χ0v) is 13.2. The number of nitrogens with zero attached hydrogens (tertiary/aromatic N) is 2. The minimum atomic E-state index is 0.0160. The summed E-state index contributed by atoms with van der Waals surface area (Å²) in [5, 5.41) is 11.6. The summed E-state index contributed by atoms with van der Waals surface area (Å²) in [5.74, 6) is 0.675. The molecule has 1 aromatic carbocycles. The topological polar surface area (TPSA) is 56.1 Å². The monoisotopic (exact) mass is 287 g/mol. The van der Waals surface area contributed by atoms with Crippen LogP contribution in [0.5, 0.6) is 0 Å². The fourth-order valence-electron chi connectivity index (χ4n) is 2.06. The maximum Gasteiger partial charge on any atom is 0.225 e. The molecule has 1 amide bonds. The number of amides is 1. The summed E-state index contributed by atoms with van der Waals surface area (Å²) in [6.45, 7) is 9.34. The first-order valence-corrected chi connectivity index (χ1v) is 7.61. The third-order valence-corrected chi connectivity index (χ3v) is 3.67. The molecule has 0 heterocycles. The van der Waals surface area contributed by atoms with Crippen molar-refractivity contribution in [1.82, 2.24) is 4.90 Å². The molecule has 1 atom stereocenters. The van der Waals surface area contributed by atoms with E-state index in [-0.39, 0.29) is 5.91 Å². The van der Waals surface area contributed by atoms with Gasteiger partial charge in [0.05, 0.1) is 11.6 Å². The Labute approximate surface area is 127 Å². The van der Waals surface area contributed by atoms with Gasteiger partial charge in [0.2, 0.25) is 5.91 Å². The number of nitriles is 1. The molecule has 0 saturated heterocycles.